The van der Waals surface area contributed by atoms with Crippen LogP contribution in [0.2, 0.25) is 0 Å². The van der Waals surface area contributed by atoms with E-state index in [0.29, 0.717) is 38.3 Å². The molecule has 7 heteroatoms. The van der Waals surface area contributed by atoms with Crippen molar-refractivity contribution in [3.63, 3.8) is 0 Å². The third kappa shape index (κ3) is 7.65. The Morgan fingerprint density at radius 1 is 1.30 bits per heavy atom. The lowest BCUT2D eigenvalue weighted by Gasteiger charge is -2.09. The average Bonchev–Trinajstić information content (AvgIpc) is 2.44. The first-order chi connectivity index (χ1) is 9.72. The molecule has 3 N–H and O–H groups in total. The number of nitrogens with one attached hydrogen (secondary N) is 1. The summed E-state index contributed by atoms with van der Waals surface area (Å²) in [6, 6.07) is 7.36. The zero-order valence-corrected chi connectivity index (χ0v) is 11.6. The fraction of sp³-hybridized carbons (Fsp3) is 0.462. The number of carbonyl (C=O) groups is 1. The summed E-state index contributed by atoms with van der Waals surface area (Å²) in [6.07, 6.45) is 0.940. The molecule has 0 aromatic heterocycles. The van der Waals surface area contributed by atoms with E-state index in [0.717, 1.165) is 5.75 Å². The summed E-state index contributed by atoms with van der Waals surface area (Å²) in [7, 11) is 3.08. The van der Waals surface area contributed by atoms with Gasteiger partial charge in [-0.25, -0.2) is 0 Å². The highest BCUT2D eigenvalue weighted by Gasteiger charge is 1.99. The van der Waals surface area contributed by atoms with Gasteiger partial charge < -0.3 is 25.1 Å². The van der Waals surface area contributed by atoms with Gasteiger partial charge in [0.25, 0.3) is 0 Å². The van der Waals surface area contributed by atoms with E-state index in [1.807, 2.05) is 24.3 Å². The van der Waals surface area contributed by atoms with Gasteiger partial charge in [-0.05, 0) is 18.6 Å². The molecule has 0 saturated heterocycles. The van der Waals surface area contributed by atoms with Gasteiger partial charge in [0, 0.05) is 26.1 Å². The van der Waals surface area contributed by atoms with E-state index < -0.39 is 0 Å². The van der Waals surface area contributed by atoms with Gasteiger partial charge in [-0.15, -0.1) is 0 Å². The van der Waals surface area contributed by atoms with Gasteiger partial charge in [0.2, 0.25) is 5.91 Å². The normalized spacial score (nSPS) is 10.1. The number of carbonyl (C=O) groups excluding carboxylic acids is 1. The Labute approximate surface area is 119 Å². The first-order valence-electron chi connectivity index (χ1n) is 6.44. The van der Waals surface area contributed by atoms with Crippen LogP contribution in [0.4, 0.5) is 0 Å². The molecule has 0 fully saturated rings. The maximum atomic E-state index is 10.6. The van der Waals surface area contributed by atoms with Crippen LogP contribution >= 0.6 is 0 Å². The summed E-state index contributed by atoms with van der Waals surface area (Å²) >= 11 is 0. The van der Waals surface area contributed by atoms with Crippen molar-refractivity contribution < 1.29 is 18.9 Å². The van der Waals surface area contributed by atoms with Crippen LogP contribution in [0.5, 0.6) is 11.5 Å². The lowest BCUT2D eigenvalue weighted by molar-refractivity contribution is -0.118. The Kier molecular flexibility index (Phi) is 8.25. The Balaban J connectivity index is 2.24. The highest BCUT2D eigenvalue weighted by Crippen LogP contribution is 2.19. The van der Waals surface area contributed by atoms with Crippen LogP contribution < -0.4 is 20.4 Å². The van der Waals surface area contributed by atoms with Crippen LogP contribution in [-0.4, -0.2) is 40.4 Å². The van der Waals surface area contributed by atoms with Gasteiger partial charge in [0.1, 0.15) is 11.5 Å². The number of hydrogen-bond donors (Lipinski definition) is 2. The fourth-order valence-electron chi connectivity index (χ4n) is 1.46. The second kappa shape index (κ2) is 10.1. The molecular formula is C13H20BN2O4. The standard InChI is InChI=1S/C13H20BN2O4/c1-18-14-16-7-9-20-12-5-2-4-11(10-12)19-8-3-6-13(15)17/h2,4-5,10,16H,3,6-9H2,1H3,(H2,15,17). The average molecular weight is 279 g/mol. The van der Waals surface area contributed by atoms with Crippen LogP contribution in [0.1, 0.15) is 12.8 Å². The maximum absolute atomic E-state index is 10.6. The number of rotatable bonds is 11. The zero-order chi connectivity index (χ0) is 14.6. The molecule has 1 aromatic carbocycles. The summed E-state index contributed by atoms with van der Waals surface area (Å²) in [5.74, 6) is 1.13. The summed E-state index contributed by atoms with van der Waals surface area (Å²) in [4.78, 5) is 10.6. The highest BCUT2D eigenvalue weighted by molar-refractivity contribution is 6.23. The number of hydrogen-bond acceptors (Lipinski definition) is 5. The van der Waals surface area contributed by atoms with E-state index in [2.05, 4.69) is 5.23 Å². The summed E-state index contributed by atoms with van der Waals surface area (Å²) < 4.78 is 15.8. The highest BCUT2D eigenvalue weighted by atomic mass is 16.5. The Bertz CT molecular complexity index is 404. The predicted octanol–water partition coefficient (Wildman–Crippen LogP) is 0.480. The van der Waals surface area contributed by atoms with Gasteiger partial charge in [-0.1, -0.05) is 6.07 Å². The largest absolute Gasteiger partial charge is 0.493 e. The predicted molar refractivity (Wildman–Crippen MR) is 76.6 cm³/mol. The van der Waals surface area contributed by atoms with E-state index in [4.69, 9.17) is 19.9 Å². The monoisotopic (exact) mass is 279 g/mol. The molecule has 109 valence electrons. The minimum atomic E-state index is -0.314. The fourth-order valence-corrected chi connectivity index (χ4v) is 1.46. The Hall–Kier alpha value is -1.73. The van der Waals surface area contributed by atoms with Gasteiger partial charge in [0.15, 0.2) is 0 Å². The third-order valence-electron chi connectivity index (χ3n) is 2.36. The maximum Gasteiger partial charge on any atom is 0.395 e. The lowest BCUT2D eigenvalue weighted by atomic mass is 10.3. The van der Waals surface area contributed by atoms with Crippen molar-refractivity contribution in [2.45, 2.75) is 12.8 Å². The molecule has 0 aliphatic heterocycles. The molecular weight excluding hydrogens is 259 g/mol. The number of primary amides is 1. The Morgan fingerprint density at radius 3 is 2.65 bits per heavy atom. The second-order valence-electron chi connectivity index (χ2n) is 4.05. The van der Waals surface area contributed by atoms with Crippen molar-refractivity contribution in [2.24, 2.45) is 5.73 Å². The first kappa shape index (κ1) is 16.3. The molecule has 0 saturated carbocycles. The van der Waals surface area contributed by atoms with Crippen LogP contribution in [-0.2, 0) is 9.45 Å². The third-order valence-corrected chi connectivity index (χ3v) is 2.36. The van der Waals surface area contributed by atoms with Crippen molar-refractivity contribution in [1.82, 2.24) is 5.23 Å². The smallest absolute Gasteiger partial charge is 0.395 e. The van der Waals surface area contributed by atoms with Crippen molar-refractivity contribution in [1.29, 1.82) is 0 Å². The topological polar surface area (TPSA) is 82.8 Å². The van der Waals surface area contributed by atoms with Crippen LogP contribution in [0, 0.1) is 0 Å². The first-order valence-corrected chi connectivity index (χ1v) is 6.44. The van der Waals surface area contributed by atoms with Gasteiger partial charge in [0.05, 0.1) is 13.2 Å². The molecule has 0 unspecified atom stereocenters. The molecule has 0 spiro atoms. The van der Waals surface area contributed by atoms with E-state index in [1.165, 1.54) is 7.62 Å². The summed E-state index contributed by atoms with van der Waals surface area (Å²) in [5, 5.41) is 2.93. The van der Waals surface area contributed by atoms with Crippen LogP contribution in [0.25, 0.3) is 0 Å². The number of benzene rings is 1. The van der Waals surface area contributed by atoms with E-state index >= 15 is 0 Å². The number of amides is 1. The van der Waals surface area contributed by atoms with Gasteiger partial charge >= 0.3 is 7.62 Å². The summed E-state index contributed by atoms with van der Waals surface area (Å²) in [6.45, 7) is 1.62. The molecule has 6 nitrogen and oxygen atoms in total. The molecule has 0 aliphatic carbocycles. The van der Waals surface area contributed by atoms with Crippen LogP contribution in [0.15, 0.2) is 24.3 Å². The van der Waals surface area contributed by atoms with Crippen molar-refractivity contribution >= 4 is 13.5 Å². The lowest BCUT2D eigenvalue weighted by Crippen LogP contribution is -2.26. The van der Waals surface area contributed by atoms with E-state index in [-0.39, 0.29) is 5.91 Å². The molecule has 1 rings (SSSR count). The van der Waals surface area contributed by atoms with Crippen molar-refractivity contribution in [3.8, 4) is 11.5 Å². The number of nitrogens with two attached hydrogens (primary N) is 1. The van der Waals surface area contributed by atoms with Gasteiger partial charge in [-0.2, -0.15) is 0 Å². The molecule has 20 heavy (non-hydrogen) atoms. The summed E-state index contributed by atoms with van der Waals surface area (Å²) in [5.41, 5.74) is 5.05. The van der Waals surface area contributed by atoms with Gasteiger partial charge in [-0.3, -0.25) is 4.79 Å². The number of ether oxygens (including phenoxy) is 2. The minimum Gasteiger partial charge on any atom is -0.493 e. The van der Waals surface area contributed by atoms with E-state index in [1.54, 1.807) is 7.11 Å². The molecule has 1 aromatic rings. The Morgan fingerprint density at radius 2 is 2.00 bits per heavy atom. The van der Waals surface area contributed by atoms with E-state index in [9.17, 15) is 4.79 Å². The van der Waals surface area contributed by atoms with Crippen molar-refractivity contribution in [2.75, 3.05) is 26.9 Å². The molecule has 0 atom stereocenters. The second-order valence-corrected chi connectivity index (χ2v) is 4.05. The molecule has 0 heterocycles. The van der Waals surface area contributed by atoms with Crippen LogP contribution in [0.3, 0.4) is 0 Å². The van der Waals surface area contributed by atoms with Crippen molar-refractivity contribution in [3.05, 3.63) is 24.3 Å². The molecule has 1 radical (unpaired) electrons. The zero-order valence-electron chi connectivity index (χ0n) is 11.6. The minimum absolute atomic E-state index is 0.314. The SMILES string of the molecule is CO[B]NCCOc1cccc(OCCCC(N)=O)c1. The quantitative estimate of drug-likeness (QED) is 0.455. The molecule has 0 bridgehead atoms. The molecule has 0 aliphatic rings. The molecule has 1 amide bonds.